The number of hydrogen-bond acceptors (Lipinski definition) is 4. The first-order valence-electron chi connectivity index (χ1n) is 3.53. The zero-order chi connectivity index (χ0) is 8.72. The molecule has 0 aliphatic heterocycles. The van der Waals surface area contributed by atoms with Gasteiger partial charge in [0.15, 0.2) is 0 Å². The van der Waals surface area contributed by atoms with Crippen molar-refractivity contribution in [3.8, 4) is 0 Å². The van der Waals surface area contributed by atoms with E-state index in [0.29, 0.717) is 5.82 Å². The minimum atomic E-state index is 0.617. The summed E-state index contributed by atoms with van der Waals surface area (Å²) in [6, 6.07) is 4.03. The molecule has 2 nitrogen and oxygen atoms in total. The number of nitrogens with two attached hydrogens (primary N) is 1. The maximum absolute atomic E-state index is 5.67. The Labute approximate surface area is 80.0 Å². The maximum Gasteiger partial charge on any atom is 0.144 e. The van der Waals surface area contributed by atoms with Gasteiger partial charge in [0.2, 0.25) is 0 Å². The predicted octanol–water partition coefficient (Wildman–Crippen LogP) is 2.48. The lowest BCUT2D eigenvalue weighted by Crippen LogP contribution is -1.84. The normalized spacial score (nSPS) is 10.8. The van der Waals surface area contributed by atoms with Crippen LogP contribution >= 0.6 is 24.2 Å². The van der Waals surface area contributed by atoms with Gasteiger partial charge < -0.3 is 5.73 Å². The number of thiol groups is 1. The molecular formula is C8H8N2S2. The fourth-order valence-electron chi connectivity index (χ4n) is 1.10. The minimum Gasteiger partial charge on any atom is -0.382 e. The molecule has 0 aliphatic rings. The average molecular weight is 196 g/mol. The van der Waals surface area contributed by atoms with Gasteiger partial charge in [-0.1, -0.05) is 0 Å². The lowest BCUT2D eigenvalue weighted by Gasteiger charge is -1.97. The van der Waals surface area contributed by atoms with E-state index in [9.17, 15) is 0 Å². The lowest BCUT2D eigenvalue weighted by atomic mass is 10.2. The Kier molecular flexibility index (Phi) is 1.73. The van der Waals surface area contributed by atoms with Gasteiger partial charge in [-0.05, 0) is 36.2 Å². The molecule has 0 fully saturated rings. The summed E-state index contributed by atoms with van der Waals surface area (Å²) in [5.41, 5.74) is 6.81. The summed E-state index contributed by atoms with van der Waals surface area (Å²) in [6.07, 6.45) is 0. The Morgan fingerprint density at radius 2 is 2.25 bits per heavy atom. The average Bonchev–Trinajstić information content (AvgIpc) is 2.35. The van der Waals surface area contributed by atoms with E-state index in [-0.39, 0.29) is 0 Å². The Bertz CT molecular complexity index is 434. The summed E-state index contributed by atoms with van der Waals surface area (Å²) in [6.45, 7) is 2.01. The quantitative estimate of drug-likeness (QED) is 0.635. The van der Waals surface area contributed by atoms with Gasteiger partial charge in [0, 0.05) is 10.3 Å². The highest BCUT2D eigenvalue weighted by atomic mass is 32.1. The number of aryl methyl sites for hydroxylation is 1. The van der Waals surface area contributed by atoms with Crippen LogP contribution in [0.15, 0.2) is 17.0 Å². The molecule has 0 amide bonds. The molecule has 0 saturated heterocycles. The molecule has 2 rings (SSSR count). The third-order valence-corrected chi connectivity index (χ3v) is 3.12. The second-order valence-corrected chi connectivity index (χ2v) is 3.99. The Balaban J connectivity index is 2.87. The number of benzene rings is 1. The summed E-state index contributed by atoms with van der Waals surface area (Å²) in [4.78, 5) is 0.992. The highest BCUT2D eigenvalue weighted by molar-refractivity contribution is 7.80. The van der Waals surface area contributed by atoms with Gasteiger partial charge in [0.25, 0.3) is 0 Å². The Morgan fingerprint density at radius 1 is 1.50 bits per heavy atom. The molecule has 0 spiro atoms. The van der Waals surface area contributed by atoms with Crippen molar-refractivity contribution in [2.45, 2.75) is 11.8 Å². The van der Waals surface area contributed by atoms with E-state index in [1.165, 1.54) is 11.5 Å². The van der Waals surface area contributed by atoms with Crippen molar-refractivity contribution in [2.24, 2.45) is 0 Å². The first-order valence-corrected chi connectivity index (χ1v) is 4.75. The van der Waals surface area contributed by atoms with Gasteiger partial charge in [-0.2, -0.15) is 4.37 Å². The first kappa shape index (κ1) is 7.89. The maximum atomic E-state index is 5.67. The van der Waals surface area contributed by atoms with E-state index >= 15 is 0 Å². The van der Waals surface area contributed by atoms with Gasteiger partial charge in [-0.25, -0.2) is 0 Å². The van der Waals surface area contributed by atoms with Crippen LogP contribution in [0.5, 0.6) is 0 Å². The van der Waals surface area contributed by atoms with E-state index in [1.54, 1.807) is 0 Å². The number of aromatic nitrogens is 1. The van der Waals surface area contributed by atoms with E-state index in [0.717, 1.165) is 20.5 Å². The molecule has 1 aromatic heterocycles. The van der Waals surface area contributed by atoms with Crippen LogP contribution in [0.3, 0.4) is 0 Å². The number of nitrogens with zero attached hydrogens (tertiary/aromatic N) is 1. The van der Waals surface area contributed by atoms with Crippen LogP contribution in [0.2, 0.25) is 0 Å². The minimum absolute atomic E-state index is 0.617. The smallest absolute Gasteiger partial charge is 0.144 e. The third kappa shape index (κ3) is 1.07. The van der Waals surface area contributed by atoms with Crippen molar-refractivity contribution in [1.29, 1.82) is 0 Å². The summed E-state index contributed by atoms with van der Waals surface area (Å²) >= 11 is 5.73. The lowest BCUT2D eigenvalue weighted by molar-refractivity contribution is 1.34. The molecule has 2 N–H and O–H groups in total. The van der Waals surface area contributed by atoms with Gasteiger partial charge >= 0.3 is 0 Å². The highest BCUT2D eigenvalue weighted by Gasteiger charge is 2.04. The number of rotatable bonds is 0. The molecule has 0 atom stereocenters. The van der Waals surface area contributed by atoms with Crippen molar-refractivity contribution in [3.63, 3.8) is 0 Å². The van der Waals surface area contributed by atoms with Crippen molar-refractivity contribution in [1.82, 2.24) is 4.37 Å². The van der Waals surface area contributed by atoms with Gasteiger partial charge in [0.05, 0.1) is 4.70 Å². The molecule has 0 saturated carbocycles. The molecule has 0 unspecified atom stereocenters. The van der Waals surface area contributed by atoms with Gasteiger partial charge in [-0.15, -0.1) is 12.6 Å². The second-order valence-electron chi connectivity index (χ2n) is 2.70. The van der Waals surface area contributed by atoms with Crippen molar-refractivity contribution in [2.75, 3.05) is 5.73 Å². The van der Waals surface area contributed by atoms with Crippen LogP contribution < -0.4 is 5.73 Å². The van der Waals surface area contributed by atoms with Gasteiger partial charge in [-0.3, -0.25) is 0 Å². The molecule has 0 aliphatic carbocycles. The third-order valence-electron chi connectivity index (χ3n) is 1.82. The van der Waals surface area contributed by atoms with Crippen molar-refractivity contribution in [3.05, 3.63) is 17.7 Å². The van der Waals surface area contributed by atoms with E-state index < -0.39 is 0 Å². The monoisotopic (exact) mass is 196 g/mol. The number of fused-ring (bicyclic) bond motifs is 1. The fraction of sp³-hybridized carbons (Fsp3) is 0.125. The first-order chi connectivity index (χ1) is 5.68. The summed E-state index contributed by atoms with van der Waals surface area (Å²) in [7, 11) is 0. The number of nitrogen functional groups attached to an aromatic ring is 1. The van der Waals surface area contributed by atoms with Gasteiger partial charge in [0.1, 0.15) is 5.82 Å². The standard InChI is InChI=1S/C8H8N2S2/c1-4-2-5-7(3-6(4)11)12-10-8(5)9/h2-3,11H,1H3,(H2,9,10). The summed E-state index contributed by atoms with van der Waals surface area (Å²) < 4.78 is 5.16. The van der Waals surface area contributed by atoms with E-state index in [4.69, 9.17) is 5.73 Å². The topological polar surface area (TPSA) is 38.9 Å². The molecule has 0 radical (unpaired) electrons. The molecule has 0 bridgehead atoms. The summed E-state index contributed by atoms with van der Waals surface area (Å²) in [5.74, 6) is 0.617. The largest absolute Gasteiger partial charge is 0.382 e. The van der Waals surface area contributed by atoms with Crippen LogP contribution in [0.1, 0.15) is 5.56 Å². The van der Waals surface area contributed by atoms with Crippen LogP contribution in [0, 0.1) is 6.92 Å². The number of anilines is 1. The Hall–Kier alpha value is -0.740. The van der Waals surface area contributed by atoms with E-state index in [2.05, 4.69) is 17.0 Å². The second kappa shape index (κ2) is 2.64. The molecule has 1 aromatic carbocycles. The SMILES string of the molecule is Cc1cc2c(N)nsc2cc1S. The van der Waals surface area contributed by atoms with Crippen molar-refractivity contribution >= 4 is 40.1 Å². The Morgan fingerprint density at radius 3 is 3.00 bits per heavy atom. The predicted molar refractivity (Wildman–Crippen MR) is 56.0 cm³/mol. The molecule has 4 heteroatoms. The fourth-order valence-corrected chi connectivity index (χ4v) is 2.11. The van der Waals surface area contributed by atoms with Crippen LogP contribution in [-0.4, -0.2) is 4.37 Å². The molecule has 12 heavy (non-hydrogen) atoms. The highest BCUT2D eigenvalue weighted by Crippen LogP contribution is 2.28. The van der Waals surface area contributed by atoms with Crippen molar-refractivity contribution < 1.29 is 0 Å². The zero-order valence-electron chi connectivity index (χ0n) is 6.53. The molecule has 1 heterocycles. The molecular weight excluding hydrogens is 188 g/mol. The number of hydrogen-bond donors (Lipinski definition) is 2. The van der Waals surface area contributed by atoms with Crippen LogP contribution in [0.25, 0.3) is 10.1 Å². The van der Waals surface area contributed by atoms with Crippen LogP contribution in [0.4, 0.5) is 5.82 Å². The summed E-state index contributed by atoms with van der Waals surface area (Å²) in [5, 5.41) is 1.04. The van der Waals surface area contributed by atoms with E-state index in [1.807, 2.05) is 19.1 Å². The molecule has 62 valence electrons. The zero-order valence-corrected chi connectivity index (χ0v) is 8.25. The molecule has 2 aromatic rings. The van der Waals surface area contributed by atoms with Crippen LogP contribution in [-0.2, 0) is 0 Å².